The zero-order valence-electron chi connectivity index (χ0n) is 10.4. The summed E-state index contributed by atoms with van der Waals surface area (Å²) in [6, 6.07) is 16.1. The zero-order valence-corrected chi connectivity index (χ0v) is 10.4. The van der Waals surface area contributed by atoms with E-state index in [4.69, 9.17) is 4.52 Å². The van der Waals surface area contributed by atoms with Crippen molar-refractivity contribution in [3.63, 3.8) is 0 Å². The second kappa shape index (κ2) is 4.69. The molecule has 0 fully saturated rings. The molecular formula is C16H12FNO. The molecular weight excluding hydrogens is 241 g/mol. The van der Waals surface area contributed by atoms with Crippen molar-refractivity contribution in [2.75, 3.05) is 0 Å². The molecule has 1 heterocycles. The lowest BCUT2D eigenvalue weighted by atomic mass is 10.00. The van der Waals surface area contributed by atoms with E-state index in [0.717, 1.165) is 22.4 Å². The first-order valence-electron chi connectivity index (χ1n) is 6.03. The lowest BCUT2D eigenvalue weighted by Gasteiger charge is -2.02. The number of hydrogen-bond donors (Lipinski definition) is 0. The standard InChI is InChI=1S/C16H12FNO/c1-11-15(12-5-3-2-4-6-12)16(19-18-11)13-7-9-14(17)10-8-13/h2-10H,1H3. The van der Waals surface area contributed by atoms with Crippen molar-refractivity contribution in [3.8, 4) is 22.5 Å². The Hall–Kier alpha value is -2.42. The predicted octanol–water partition coefficient (Wildman–Crippen LogP) is 4.46. The van der Waals surface area contributed by atoms with Crippen molar-refractivity contribution < 1.29 is 8.91 Å². The summed E-state index contributed by atoms with van der Waals surface area (Å²) in [4.78, 5) is 0. The molecule has 3 heteroatoms. The van der Waals surface area contributed by atoms with E-state index in [0.29, 0.717) is 5.76 Å². The Balaban J connectivity index is 2.16. The highest BCUT2D eigenvalue weighted by molar-refractivity contribution is 5.81. The molecule has 0 aliphatic rings. The monoisotopic (exact) mass is 253 g/mol. The molecule has 0 amide bonds. The van der Waals surface area contributed by atoms with Crippen LogP contribution in [0.2, 0.25) is 0 Å². The van der Waals surface area contributed by atoms with Gasteiger partial charge in [-0.15, -0.1) is 0 Å². The van der Waals surface area contributed by atoms with Gasteiger partial charge in [0.05, 0.1) is 11.3 Å². The smallest absolute Gasteiger partial charge is 0.174 e. The number of nitrogens with zero attached hydrogens (tertiary/aromatic N) is 1. The Morgan fingerprint density at radius 2 is 1.58 bits per heavy atom. The van der Waals surface area contributed by atoms with E-state index >= 15 is 0 Å². The molecule has 3 rings (SSSR count). The lowest BCUT2D eigenvalue weighted by Crippen LogP contribution is -1.83. The van der Waals surface area contributed by atoms with Crippen LogP contribution in [-0.2, 0) is 0 Å². The molecule has 0 saturated carbocycles. The van der Waals surface area contributed by atoms with Crippen molar-refractivity contribution in [1.82, 2.24) is 5.16 Å². The molecule has 3 aromatic rings. The highest BCUT2D eigenvalue weighted by atomic mass is 19.1. The second-order valence-electron chi connectivity index (χ2n) is 4.35. The van der Waals surface area contributed by atoms with Crippen LogP contribution in [-0.4, -0.2) is 5.16 Å². The van der Waals surface area contributed by atoms with Gasteiger partial charge in [-0.25, -0.2) is 4.39 Å². The highest BCUT2D eigenvalue weighted by Gasteiger charge is 2.16. The Bertz CT molecular complexity index is 687. The topological polar surface area (TPSA) is 26.0 Å². The number of benzene rings is 2. The van der Waals surface area contributed by atoms with Gasteiger partial charge in [-0.3, -0.25) is 0 Å². The first kappa shape index (κ1) is 11.7. The van der Waals surface area contributed by atoms with Crippen molar-refractivity contribution in [3.05, 3.63) is 66.1 Å². The van der Waals surface area contributed by atoms with Gasteiger partial charge in [-0.2, -0.15) is 0 Å². The summed E-state index contributed by atoms with van der Waals surface area (Å²) in [5.41, 5.74) is 3.64. The van der Waals surface area contributed by atoms with Crippen LogP contribution in [0.25, 0.3) is 22.5 Å². The van der Waals surface area contributed by atoms with Crippen molar-refractivity contribution >= 4 is 0 Å². The van der Waals surface area contributed by atoms with Crippen LogP contribution in [0.4, 0.5) is 4.39 Å². The van der Waals surface area contributed by atoms with E-state index < -0.39 is 0 Å². The largest absolute Gasteiger partial charge is 0.355 e. The van der Waals surface area contributed by atoms with Gasteiger partial charge in [0.15, 0.2) is 5.76 Å². The van der Waals surface area contributed by atoms with Gasteiger partial charge in [-0.05, 0) is 36.8 Å². The molecule has 0 unspecified atom stereocenters. The number of aromatic nitrogens is 1. The predicted molar refractivity (Wildman–Crippen MR) is 72.1 cm³/mol. The van der Waals surface area contributed by atoms with Crippen LogP contribution in [0.1, 0.15) is 5.69 Å². The lowest BCUT2D eigenvalue weighted by molar-refractivity contribution is 0.427. The molecule has 1 aromatic heterocycles. The fourth-order valence-electron chi connectivity index (χ4n) is 2.11. The fourth-order valence-corrected chi connectivity index (χ4v) is 2.11. The van der Waals surface area contributed by atoms with Crippen LogP contribution in [0.15, 0.2) is 59.1 Å². The average molecular weight is 253 g/mol. The van der Waals surface area contributed by atoms with Crippen molar-refractivity contribution in [2.45, 2.75) is 6.92 Å². The van der Waals surface area contributed by atoms with Crippen LogP contribution < -0.4 is 0 Å². The van der Waals surface area contributed by atoms with Gasteiger partial charge >= 0.3 is 0 Å². The normalized spacial score (nSPS) is 10.6. The maximum atomic E-state index is 13.0. The van der Waals surface area contributed by atoms with E-state index in [9.17, 15) is 4.39 Å². The molecule has 2 nitrogen and oxygen atoms in total. The van der Waals surface area contributed by atoms with Crippen molar-refractivity contribution in [2.24, 2.45) is 0 Å². The third kappa shape index (κ3) is 2.15. The number of rotatable bonds is 2. The average Bonchev–Trinajstić information content (AvgIpc) is 2.82. The highest BCUT2D eigenvalue weighted by Crippen LogP contribution is 2.34. The summed E-state index contributed by atoms with van der Waals surface area (Å²) in [6.45, 7) is 1.90. The van der Waals surface area contributed by atoms with Gasteiger partial charge in [0.2, 0.25) is 0 Å². The summed E-state index contributed by atoms with van der Waals surface area (Å²) in [6.07, 6.45) is 0. The first-order valence-corrected chi connectivity index (χ1v) is 6.03. The molecule has 19 heavy (non-hydrogen) atoms. The Morgan fingerprint density at radius 1 is 0.895 bits per heavy atom. The molecule has 0 bridgehead atoms. The van der Waals surface area contributed by atoms with Crippen LogP contribution in [0.3, 0.4) is 0 Å². The van der Waals surface area contributed by atoms with Gasteiger partial charge in [0, 0.05) is 5.56 Å². The molecule has 0 saturated heterocycles. The minimum Gasteiger partial charge on any atom is -0.355 e. The minimum absolute atomic E-state index is 0.263. The van der Waals surface area contributed by atoms with Crippen molar-refractivity contribution in [1.29, 1.82) is 0 Å². The second-order valence-corrected chi connectivity index (χ2v) is 4.35. The molecule has 0 atom stereocenters. The van der Waals surface area contributed by atoms with E-state index in [1.807, 2.05) is 37.3 Å². The number of hydrogen-bond acceptors (Lipinski definition) is 2. The van der Waals surface area contributed by atoms with E-state index in [1.54, 1.807) is 12.1 Å². The molecule has 94 valence electrons. The van der Waals surface area contributed by atoms with Crippen LogP contribution in [0.5, 0.6) is 0 Å². The first-order chi connectivity index (χ1) is 9.25. The summed E-state index contributed by atoms with van der Waals surface area (Å²) in [5.74, 6) is 0.407. The maximum Gasteiger partial charge on any atom is 0.174 e. The summed E-state index contributed by atoms with van der Waals surface area (Å²) < 4.78 is 18.4. The van der Waals surface area contributed by atoms with Gasteiger partial charge in [0.25, 0.3) is 0 Å². The molecule has 0 N–H and O–H groups in total. The fraction of sp³-hybridized carbons (Fsp3) is 0.0625. The van der Waals surface area contributed by atoms with Gasteiger partial charge < -0.3 is 4.52 Å². The molecule has 0 aliphatic heterocycles. The minimum atomic E-state index is -0.263. The SMILES string of the molecule is Cc1noc(-c2ccc(F)cc2)c1-c1ccccc1. The molecule has 0 spiro atoms. The third-order valence-corrected chi connectivity index (χ3v) is 3.03. The summed E-state index contributed by atoms with van der Waals surface area (Å²) in [5, 5.41) is 4.02. The molecule has 2 aromatic carbocycles. The van der Waals surface area contributed by atoms with E-state index in [1.165, 1.54) is 12.1 Å². The number of aryl methyl sites for hydroxylation is 1. The third-order valence-electron chi connectivity index (χ3n) is 3.03. The Kier molecular flexibility index (Phi) is 2.88. The summed E-state index contributed by atoms with van der Waals surface area (Å²) in [7, 11) is 0. The van der Waals surface area contributed by atoms with Gasteiger partial charge in [0.1, 0.15) is 5.82 Å². The van der Waals surface area contributed by atoms with E-state index in [2.05, 4.69) is 5.16 Å². The van der Waals surface area contributed by atoms with Crippen LogP contribution >= 0.6 is 0 Å². The van der Waals surface area contributed by atoms with E-state index in [-0.39, 0.29) is 5.82 Å². The molecule has 0 radical (unpaired) electrons. The van der Waals surface area contributed by atoms with Crippen LogP contribution in [0, 0.1) is 12.7 Å². The molecule has 0 aliphatic carbocycles. The zero-order chi connectivity index (χ0) is 13.2. The summed E-state index contributed by atoms with van der Waals surface area (Å²) >= 11 is 0. The number of halogens is 1. The Morgan fingerprint density at radius 3 is 2.26 bits per heavy atom. The van der Waals surface area contributed by atoms with Gasteiger partial charge in [-0.1, -0.05) is 35.5 Å². The Labute approximate surface area is 110 Å². The quantitative estimate of drug-likeness (QED) is 0.674. The maximum absolute atomic E-state index is 13.0.